The first-order valence-corrected chi connectivity index (χ1v) is 6.48. The van der Waals surface area contributed by atoms with Crippen LogP contribution in [-0.2, 0) is 13.1 Å². The zero-order valence-corrected chi connectivity index (χ0v) is 11.4. The molecule has 0 saturated heterocycles. The van der Waals surface area contributed by atoms with Crippen molar-refractivity contribution >= 4 is 11.9 Å². The predicted octanol–water partition coefficient (Wildman–Crippen LogP) is -0.0763. The van der Waals surface area contributed by atoms with Crippen LogP contribution in [0.4, 0.5) is 11.9 Å². The number of rotatable bonds is 4. The molecule has 3 rings (SSSR count). The van der Waals surface area contributed by atoms with Gasteiger partial charge in [0.05, 0.1) is 13.2 Å². The molecule has 2 aromatic heterocycles. The first kappa shape index (κ1) is 12.6. The van der Waals surface area contributed by atoms with Gasteiger partial charge in [-0.25, -0.2) is 0 Å². The van der Waals surface area contributed by atoms with E-state index in [9.17, 15) is 0 Å². The van der Waals surface area contributed by atoms with E-state index in [0.29, 0.717) is 31.1 Å². The van der Waals surface area contributed by atoms with Crippen molar-refractivity contribution in [2.45, 2.75) is 20.0 Å². The van der Waals surface area contributed by atoms with Crippen LogP contribution in [-0.4, -0.2) is 49.9 Å². The molecule has 0 unspecified atom stereocenters. The van der Waals surface area contributed by atoms with Crippen molar-refractivity contribution in [2.75, 3.05) is 30.4 Å². The molecule has 0 atom stereocenters. The highest BCUT2D eigenvalue weighted by atomic mass is 16.5. The maximum Gasteiger partial charge on any atom is 0.323 e. The predicted molar refractivity (Wildman–Crippen MR) is 71.6 cm³/mol. The van der Waals surface area contributed by atoms with Crippen LogP contribution in [0.25, 0.3) is 0 Å². The Labute approximate surface area is 116 Å². The quantitative estimate of drug-likeness (QED) is 0.829. The summed E-state index contributed by atoms with van der Waals surface area (Å²) >= 11 is 0. The van der Waals surface area contributed by atoms with E-state index < -0.39 is 0 Å². The Kier molecular flexibility index (Phi) is 3.32. The summed E-state index contributed by atoms with van der Waals surface area (Å²) in [6, 6.07) is 0.328. The molecule has 0 fully saturated rings. The fourth-order valence-electron chi connectivity index (χ4n) is 2.03. The highest BCUT2D eigenvalue weighted by molar-refractivity contribution is 5.38. The maximum absolute atomic E-state index is 5.37. The lowest BCUT2D eigenvalue weighted by molar-refractivity contribution is 0.311. The molecule has 1 N–H and O–H groups in total. The van der Waals surface area contributed by atoms with Gasteiger partial charge < -0.3 is 19.5 Å². The number of hydrogen-bond donors (Lipinski definition) is 1. The van der Waals surface area contributed by atoms with Gasteiger partial charge in [0.15, 0.2) is 5.82 Å². The zero-order valence-electron chi connectivity index (χ0n) is 11.4. The molecule has 2 aromatic rings. The second-order valence-electron chi connectivity index (χ2n) is 4.29. The van der Waals surface area contributed by atoms with Gasteiger partial charge >= 0.3 is 6.01 Å². The molecule has 0 saturated carbocycles. The van der Waals surface area contributed by atoms with Crippen molar-refractivity contribution in [3.63, 3.8) is 0 Å². The van der Waals surface area contributed by atoms with E-state index in [4.69, 9.17) is 4.74 Å². The van der Waals surface area contributed by atoms with Gasteiger partial charge in [0, 0.05) is 20.1 Å². The van der Waals surface area contributed by atoms with Crippen molar-refractivity contribution in [3.05, 3.63) is 12.2 Å². The molecule has 0 bridgehead atoms. The van der Waals surface area contributed by atoms with Crippen LogP contribution in [0.1, 0.15) is 12.7 Å². The molecule has 1 aliphatic rings. The molecule has 9 nitrogen and oxygen atoms in total. The summed E-state index contributed by atoms with van der Waals surface area (Å²) in [5.41, 5.74) is 0. The lowest BCUT2D eigenvalue weighted by atomic mass is 10.4. The summed E-state index contributed by atoms with van der Waals surface area (Å²) in [7, 11) is 1.77. The first-order chi connectivity index (χ1) is 9.80. The molecular formula is C11H16N8O. The summed E-state index contributed by atoms with van der Waals surface area (Å²) in [6.07, 6.45) is 1.74. The highest BCUT2D eigenvalue weighted by Crippen LogP contribution is 2.19. The van der Waals surface area contributed by atoms with Crippen LogP contribution in [0.2, 0.25) is 0 Å². The SMILES string of the molecule is CCOc1nc(NC)nc(N2CCn3cnnc3C2)n1. The number of nitrogens with one attached hydrogen (secondary N) is 1. The number of anilines is 2. The van der Waals surface area contributed by atoms with Crippen LogP contribution < -0.4 is 15.0 Å². The van der Waals surface area contributed by atoms with Crippen molar-refractivity contribution in [1.29, 1.82) is 0 Å². The fourth-order valence-corrected chi connectivity index (χ4v) is 2.03. The van der Waals surface area contributed by atoms with Crippen LogP contribution in [0.15, 0.2) is 6.33 Å². The maximum atomic E-state index is 5.37. The molecule has 0 amide bonds. The van der Waals surface area contributed by atoms with E-state index >= 15 is 0 Å². The van der Waals surface area contributed by atoms with Gasteiger partial charge in [0.2, 0.25) is 11.9 Å². The van der Waals surface area contributed by atoms with Gasteiger partial charge in [0.25, 0.3) is 0 Å². The standard InChI is InChI=1S/C11H16N8O/c1-3-20-11-15-9(12-2)14-10(16-11)18-4-5-19-7-13-17-8(19)6-18/h7H,3-6H2,1-2H3,(H,12,14,15,16). The molecule has 3 heterocycles. The minimum atomic E-state index is 0.328. The van der Waals surface area contributed by atoms with E-state index in [0.717, 1.165) is 18.9 Å². The second-order valence-corrected chi connectivity index (χ2v) is 4.29. The van der Waals surface area contributed by atoms with Gasteiger partial charge in [-0.05, 0) is 6.92 Å². The molecule has 1 aliphatic heterocycles. The van der Waals surface area contributed by atoms with Gasteiger partial charge in [-0.1, -0.05) is 0 Å². The van der Waals surface area contributed by atoms with Gasteiger partial charge in [0.1, 0.15) is 6.33 Å². The molecular weight excluding hydrogens is 260 g/mol. The summed E-state index contributed by atoms with van der Waals surface area (Å²) < 4.78 is 7.40. The van der Waals surface area contributed by atoms with E-state index in [2.05, 4.69) is 30.5 Å². The Morgan fingerprint density at radius 1 is 1.30 bits per heavy atom. The number of fused-ring (bicyclic) bond motifs is 1. The summed E-state index contributed by atoms with van der Waals surface area (Å²) in [5, 5.41) is 10.9. The topological polar surface area (TPSA) is 93.9 Å². The monoisotopic (exact) mass is 276 g/mol. The molecule has 0 spiro atoms. The molecule has 106 valence electrons. The zero-order chi connectivity index (χ0) is 13.9. The highest BCUT2D eigenvalue weighted by Gasteiger charge is 2.21. The normalized spacial score (nSPS) is 14.0. The molecule has 0 aliphatic carbocycles. The van der Waals surface area contributed by atoms with Crippen LogP contribution in [0.3, 0.4) is 0 Å². The lowest BCUT2D eigenvalue weighted by Gasteiger charge is -2.27. The lowest BCUT2D eigenvalue weighted by Crippen LogP contribution is -2.35. The Bertz CT molecular complexity index is 598. The van der Waals surface area contributed by atoms with Gasteiger partial charge in [-0.3, -0.25) is 0 Å². The van der Waals surface area contributed by atoms with Crippen molar-refractivity contribution < 1.29 is 4.74 Å². The molecule has 20 heavy (non-hydrogen) atoms. The number of hydrogen-bond acceptors (Lipinski definition) is 8. The van der Waals surface area contributed by atoms with Crippen molar-refractivity contribution in [2.24, 2.45) is 0 Å². The third-order valence-corrected chi connectivity index (χ3v) is 3.02. The van der Waals surface area contributed by atoms with Gasteiger partial charge in [-0.15, -0.1) is 10.2 Å². The third-order valence-electron chi connectivity index (χ3n) is 3.02. The number of ether oxygens (including phenoxy) is 1. The fraction of sp³-hybridized carbons (Fsp3) is 0.545. The van der Waals surface area contributed by atoms with Gasteiger partial charge in [-0.2, -0.15) is 15.0 Å². The third kappa shape index (κ3) is 2.33. The van der Waals surface area contributed by atoms with Crippen LogP contribution in [0, 0.1) is 0 Å². The van der Waals surface area contributed by atoms with Crippen LogP contribution in [0.5, 0.6) is 6.01 Å². The molecule has 0 radical (unpaired) electrons. The number of aromatic nitrogens is 6. The average molecular weight is 276 g/mol. The summed E-state index contributed by atoms with van der Waals surface area (Å²) in [6.45, 7) is 4.64. The Balaban J connectivity index is 1.88. The summed E-state index contributed by atoms with van der Waals surface area (Å²) in [5.74, 6) is 1.98. The van der Waals surface area contributed by atoms with Crippen LogP contribution >= 0.6 is 0 Å². The van der Waals surface area contributed by atoms with E-state index in [1.165, 1.54) is 0 Å². The smallest absolute Gasteiger partial charge is 0.323 e. The average Bonchev–Trinajstić information content (AvgIpc) is 2.94. The minimum absolute atomic E-state index is 0.328. The van der Waals surface area contributed by atoms with E-state index in [-0.39, 0.29) is 0 Å². The molecule has 0 aromatic carbocycles. The number of nitrogens with zero attached hydrogens (tertiary/aromatic N) is 7. The first-order valence-electron chi connectivity index (χ1n) is 6.48. The van der Waals surface area contributed by atoms with E-state index in [1.807, 2.05) is 16.4 Å². The Hall–Kier alpha value is -2.45. The van der Waals surface area contributed by atoms with E-state index in [1.54, 1.807) is 13.4 Å². The second kappa shape index (κ2) is 5.27. The van der Waals surface area contributed by atoms with Crippen molar-refractivity contribution in [1.82, 2.24) is 29.7 Å². The summed E-state index contributed by atoms with van der Waals surface area (Å²) in [4.78, 5) is 14.9. The Morgan fingerprint density at radius 2 is 2.20 bits per heavy atom. The largest absolute Gasteiger partial charge is 0.464 e. The minimum Gasteiger partial charge on any atom is -0.464 e. The Morgan fingerprint density at radius 3 is 3.00 bits per heavy atom. The molecule has 9 heteroatoms. The van der Waals surface area contributed by atoms with Crippen molar-refractivity contribution in [3.8, 4) is 6.01 Å².